The van der Waals surface area contributed by atoms with Gasteiger partial charge in [0.25, 0.3) is 5.91 Å². The highest BCUT2D eigenvalue weighted by molar-refractivity contribution is 6.31. The lowest BCUT2D eigenvalue weighted by atomic mass is 10.1. The van der Waals surface area contributed by atoms with E-state index in [2.05, 4.69) is 10.3 Å². The number of nitrogen functional groups attached to an aromatic ring is 1. The molecule has 1 amide bonds. The van der Waals surface area contributed by atoms with E-state index in [9.17, 15) is 4.79 Å². The first-order valence-electron chi connectivity index (χ1n) is 5.35. The third-order valence-corrected chi connectivity index (χ3v) is 2.65. The summed E-state index contributed by atoms with van der Waals surface area (Å²) in [6.07, 6.45) is 1.68. The highest BCUT2D eigenvalue weighted by atomic mass is 35.5. The van der Waals surface area contributed by atoms with Crippen LogP contribution in [0.15, 0.2) is 36.5 Å². The average molecular weight is 262 g/mol. The average Bonchev–Trinajstić information content (AvgIpc) is 2.32. The smallest absolute Gasteiger partial charge is 0.258 e. The molecule has 0 aliphatic heterocycles. The Hall–Kier alpha value is -2.07. The van der Waals surface area contributed by atoms with Gasteiger partial charge in [0, 0.05) is 16.9 Å². The monoisotopic (exact) mass is 261 g/mol. The largest absolute Gasteiger partial charge is 0.398 e. The highest BCUT2D eigenvalue weighted by Crippen LogP contribution is 2.19. The number of hydrogen-bond donors (Lipinski definition) is 2. The number of benzene rings is 1. The summed E-state index contributed by atoms with van der Waals surface area (Å²) >= 11 is 5.78. The molecule has 5 heteroatoms. The Kier molecular flexibility index (Phi) is 3.48. The molecule has 0 saturated carbocycles. The van der Waals surface area contributed by atoms with Crippen LogP contribution in [0.4, 0.5) is 11.5 Å². The summed E-state index contributed by atoms with van der Waals surface area (Å²) in [4.78, 5) is 16.0. The maximum Gasteiger partial charge on any atom is 0.258 e. The topological polar surface area (TPSA) is 68.0 Å². The van der Waals surface area contributed by atoms with Gasteiger partial charge in [-0.1, -0.05) is 17.7 Å². The van der Waals surface area contributed by atoms with Gasteiger partial charge in [0.2, 0.25) is 0 Å². The lowest BCUT2D eigenvalue weighted by Crippen LogP contribution is -2.14. The first-order chi connectivity index (χ1) is 8.56. The number of pyridine rings is 1. The minimum absolute atomic E-state index is 0.305. The van der Waals surface area contributed by atoms with E-state index in [1.165, 1.54) is 0 Å². The minimum atomic E-state index is -0.305. The molecule has 0 spiro atoms. The van der Waals surface area contributed by atoms with Crippen molar-refractivity contribution >= 4 is 29.0 Å². The van der Waals surface area contributed by atoms with Crippen LogP contribution in [-0.2, 0) is 0 Å². The van der Waals surface area contributed by atoms with Crippen LogP contribution in [0.3, 0.4) is 0 Å². The number of aryl methyl sites for hydroxylation is 1. The molecule has 0 unspecified atom stereocenters. The molecule has 1 aromatic heterocycles. The fourth-order valence-electron chi connectivity index (χ4n) is 1.47. The van der Waals surface area contributed by atoms with E-state index in [0.29, 0.717) is 22.1 Å². The second-order valence-electron chi connectivity index (χ2n) is 3.91. The van der Waals surface area contributed by atoms with Crippen LogP contribution in [-0.4, -0.2) is 10.9 Å². The van der Waals surface area contributed by atoms with E-state index in [1.807, 2.05) is 13.0 Å². The Labute approximate surface area is 110 Å². The lowest BCUT2D eigenvalue weighted by Gasteiger charge is -2.07. The van der Waals surface area contributed by atoms with Gasteiger partial charge in [0.15, 0.2) is 0 Å². The summed E-state index contributed by atoms with van der Waals surface area (Å²) in [6, 6.07) is 8.35. The van der Waals surface area contributed by atoms with E-state index in [-0.39, 0.29) is 5.91 Å². The molecule has 2 aromatic rings. The molecule has 0 bridgehead atoms. The SMILES string of the molecule is Cc1ccc(NC(=O)c2ccc(Cl)cc2N)nc1. The van der Waals surface area contributed by atoms with Crippen molar-refractivity contribution in [2.24, 2.45) is 0 Å². The third-order valence-electron chi connectivity index (χ3n) is 2.41. The molecule has 0 radical (unpaired) electrons. The molecule has 0 fully saturated rings. The van der Waals surface area contributed by atoms with Crippen LogP contribution < -0.4 is 11.1 Å². The second kappa shape index (κ2) is 5.06. The maximum absolute atomic E-state index is 12.0. The fraction of sp³-hybridized carbons (Fsp3) is 0.0769. The van der Waals surface area contributed by atoms with Gasteiger partial charge in [0.1, 0.15) is 5.82 Å². The Bertz CT molecular complexity index is 581. The van der Waals surface area contributed by atoms with Gasteiger partial charge >= 0.3 is 0 Å². The minimum Gasteiger partial charge on any atom is -0.398 e. The number of carbonyl (C=O) groups excluding carboxylic acids is 1. The van der Waals surface area contributed by atoms with E-state index in [4.69, 9.17) is 17.3 Å². The first kappa shape index (κ1) is 12.4. The van der Waals surface area contributed by atoms with Gasteiger partial charge in [-0.25, -0.2) is 4.98 Å². The highest BCUT2D eigenvalue weighted by Gasteiger charge is 2.10. The Morgan fingerprint density at radius 3 is 2.72 bits per heavy atom. The van der Waals surface area contributed by atoms with Crippen LogP contribution >= 0.6 is 11.6 Å². The number of nitrogens with zero attached hydrogens (tertiary/aromatic N) is 1. The summed E-state index contributed by atoms with van der Waals surface area (Å²) < 4.78 is 0. The van der Waals surface area contributed by atoms with Crippen molar-refractivity contribution in [1.29, 1.82) is 0 Å². The molecule has 1 heterocycles. The lowest BCUT2D eigenvalue weighted by molar-refractivity contribution is 0.102. The number of nitrogens with two attached hydrogens (primary N) is 1. The van der Waals surface area contributed by atoms with Gasteiger partial charge in [-0.2, -0.15) is 0 Å². The number of anilines is 2. The Morgan fingerprint density at radius 2 is 2.11 bits per heavy atom. The van der Waals surface area contributed by atoms with Crippen molar-refractivity contribution in [3.8, 4) is 0 Å². The maximum atomic E-state index is 12.0. The normalized spacial score (nSPS) is 10.1. The quantitative estimate of drug-likeness (QED) is 0.817. The molecule has 0 aliphatic rings. The van der Waals surface area contributed by atoms with Crippen LogP contribution in [0.1, 0.15) is 15.9 Å². The Morgan fingerprint density at radius 1 is 1.33 bits per heavy atom. The van der Waals surface area contributed by atoms with E-state index in [1.54, 1.807) is 30.5 Å². The molecule has 18 heavy (non-hydrogen) atoms. The van der Waals surface area contributed by atoms with Crippen LogP contribution in [0, 0.1) is 6.92 Å². The molecule has 2 rings (SSSR count). The zero-order valence-corrected chi connectivity index (χ0v) is 10.5. The standard InChI is InChI=1S/C13H12ClN3O/c1-8-2-5-12(16-7-8)17-13(18)10-4-3-9(14)6-11(10)15/h2-7H,15H2,1H3,(H,16,17,18). The first-order valence-corrected chi connectivity index (χ1v) is 5.73. The summed E-state index contributed by atoms with van der Waals surface area (Å²) in [5, 5.41) is 3.17. The molecular formula is C13H12ClN3O. The Balaban J connectivity index is 2.19. The number of halogens is 1. The van der Waals surface area contributed by atoms with Gasteiger partial charge in [-0.3, -0.25) is 4.79 Å². The van der Waals surface area contributed by atoms with Gasteiger partial charge in [-0.15, -0.1) is 0 Å². The summed E-state index contributed by atoms with van der Waals surface area (Å²) in [5.41, 5.74) is 7.48. The molecule has 4 nitrogen and oxygen atoms in total. The molecule has 0 aliphatic carbocycles. The number of rotatable bonds is 2. The van der Waals surface area contributed by atoms with Crippen molar-refractivity contribution in [2.75, 3.05) is 11.1 Å². The van der Waals surface area contributed by atoms with E-state index >= 15 is 0 Å². The third kappa shape index (κ3) is 2.78. The fourth-order valence-corrected chi connectivity index (χ4v) is 1.65. The molecule has 1 aromatic carbocycles. The predicted octanol–water partition coefficient (Wildman–Crippen LogP) is 2.88. The molecule has 92 valence electrons. The summed E-state index contributed by atoms with van der Waals surface area (Å²) in [6.45, 7) is 1.93. The van der Waals surface area contributed by atoms with Crippen LogP contribution in [0.5, 0.6) is 0 Å². The summed E-state index contributed by atoms with van der Waals surface area (Å²) in [5.74, 6) is 0.181. The van der Waals surface area contributed by atoms with Gasteiger partial charge in [-0.05, 0) is 36.8 Å². The van der Waals surface area contributed by atoms with Crippen molar-refractivity contribution < 1.29 is 4.79 Å². The molecule has 0 atom stereocenters. The van der Waals surface area contributed by atoms with E-state index < -0.39 is 0 Å². The molecule has 0 saturated heterocycles. The van der Waals surface area contributed by atoms with E-state index in [0.717, 1.165) is 5.56 Å². The number of hydrogen-bond acceptors (Lipinski definition) is 3. The number of nitrogens with one attached hydrogen (secondary N) is 1. The van der Waals surface area contributed by atoms with Crippen molar-refractivity contribution in [1.82, 2.24) is 4.98 Å². The van der Waals surface area contributed by atoms with Gasteiger partial charge < -0.3 is 11.1 Å². The van der Waals surface area contributed by atoms with Crippen molar-refractivity contribution in [3.05, 3.63) is 52.7 Å². The van der Waals surface area contributed by atoms with Crippen molar-refractivity contribution in [3.63, 3.8) is 0 Å². The number of amides is 1. The van der Waals surface area contributed by atoms with Gasteiger partial charge in [0.05, 0.1) is 5.56 Å². The number of carbonyl (C=O) groups is 1. The summed E-state index contributed by atoms with van der Waals surface area (Å²) in [7, 11) is 0. The predicted molar refractivity (Wildman–Crippen MR) is 72.8 cm³/mol. The van der Waals surface area contributed by atoms with Crippen molar-refractivity contribution in [2.45, 2.75) is 6.92 Å². The molecule has 3 N–H and O–H groups in total. The van der Waals surface area contributed by atoms with Crippen LogP contribution in [0.2, 0.25) is 5.02 Å². The van der Waals surface area contributed by atoms with Crippen LogP contribution in [0.25, 0.3) is 0 Å². The number of aromatic nitrogens is 1. The second-order valence-corrected chi connectivity index (χ2v) is 4.34. The zero-order valence-electron chi connectivity index (χ0n) is 9.77. The zero-order chi connectivity index (χ0) is 13.1. The molecular weight excluding hydrogens is 250 g/mol.